The third kappa shape index (κ3) is 3.47. The van der Waals surface area contributed by atoms with E-state index in [1.54, 1.807) is 6.33 Å². The molecule has 2 aromatic heterocycles. The van der Waals surface area contributed by atoms with Crippen molar-refractivity contribution in [3.63, 3.8) is 0 Å². The maximum absolute atomic E-state index is 4.40. The van der Waals surface area contributed by atoms with E-state index in [-0.39, 0.29) is 0 Å². The minimum Gasteiger partial charge on any atom is -0.357 e. The van der Waals surface area contributed by atoms with Crippen LogP contribution in [0.5, 0.6) is 0 Å². The smallest absolute Gasteiger partial charge is 0.202 e. The van der Waals surface area contributed by atoms with Gasteiger partial charge < -0.3 is 10.2 Å². The van der Waals surface area contributed by atoms with E-state index in [0.717, 1.165) is 54.8 Å². The average molecular weight is 304 g/mol. The predicted octanol–water partition coefficient (Wildman–Crippen LogP) is 2.28. The van der Waals surface area contributed by atoms with E-state index in [4.69, 9.17) is 0 Å². The molecule has 21 heavy (non-hydrogen) atoms. The van der Waals surface area contributed by atoms with Crippen LogP contribution in [0.15, 0.2) is 12.4 Å². The van der Waals surface area contributed by atoms with E-state index in [1.165, 1.54) is 11.5 Å². The molecule has 1 saturated heterocycles. The highest BCUT2D eigenvalue weighted by Gasteiger charge is 2.21. The summed E-state index contributed by atoms with van der Waals surface area (Å²) in [6.07, 6.45) is 4.79. The van der Waals surface area contributed by atoms with Crippen LogP contribution in [0.3, 0.4) is 0 Å². The van der Waals surface area contributed by atoms with Crippen LogP contribution in [0, 0.1) is 6.92 Å². The summed E-state index contributed by atoms with van der Waals surface area (Å²) in [5, 5.41) is 4.41. The quantitative estimate of drug-likeness (QED) is 0.934. The molecule has 0 amide bonds. The largest absolute Gasteiger partial charge is 0.357 e. The zero-order valence-corrected chi connectivity index (χ0v) is 13.2. The average Bonchev–Trinajstić information content (AvgIpc) is 2.93. The number of hydrogen-bond acceptors (Lipinski definition) is 7. The number of nitrogens with one attached hydrogen (secondary N) is 1. The van der Waals surface area contributed by atoms with Crippen LogP contribution in [-0.2, 0) is 6.42 Å². The Hall–Kier alpha value is -1.76. The fourth-order valence-corrected chi connectivity index (χ4v) is 3.19. The number of nitrogens with zero attached hydrogens (tertiary/aromatic N) is 5. The van der Waals surface area contributed by atoms with Crippen molar-refractivity contribution < 1.29 is 0 Å². The fraction of sp³-hybridized carbons (Fsp3) is 0.571. The first-order valence-electron chi connectivity index (χ1n) is 7.37. The highest BCUT2D eigenvalue weighted by atomic mass is 32.1. The van der Waals surface area contributed by atoms with E-state index >= 15 is 0 Å². The van der Waals surface area contributed by atoms with Gasteiger partial charge in [0, 0.05) is 42.4 Å². The lowest BCUT2D eigenvalue weighted by atomic mass is 10.1. The van der Waals surface area contributed by atoms with E-state index in [0.29, 0.717) is 6.04 Å². The number of aryl methyl sites for hydroxylation is 2. The molecule has 0 spiro atoms. The summed E-state index contributed by atoms with van der Waals surface area (Å²) >= 11 is 1.44. The molecule has 1 N–H and O–H groups in total. The van der Waals surface area contributed by atoms with Crippen molar-refractivity contribution in [3.8, 4) is 0 Å². The van der Waals surface area contributed by atoms with Crippen LogP contribution in [0.2, 0.25) is 0 Å². The molecule has 1 aliphatic heterocycles. The van der Waals surface area contributed by atoms with Crippen LogP contribution in [0.4, 0.5) is 10.9 Å². The van der Waals surface area contributed by atoms with Crippen molar-refractivity contribution in [2.75, 3.05) is 23.3 Å². The van der Waals surface area contributed by atoms with Crippen molar-refractivity contribution in [1.82, 2.24) is 19.3 Å². The summed E-state index contributed by atoms with van der Waals surface area (Å²) < 4.78 is 4.20. The number of anilines is 2. The first kappa shape index (κ1) is 14.2. The number of rotatable bonds is 4. The molecular formula is C14H20N6S. The van der Waals surface area contributed by atoms with Gasteiger partial charge in [0.2, 0.25) is 5.13 Å². The van der Waals surface area contributed by atoms with Crippen molar-refractivity contribution >= 4 is 22.5 Å². The monoisotopic (exact) mass is 304 g/mol. The zero-order chi connectivity index (χ0) is 14.7. The lowest BCUT2D eigenvalue weighted by Gasteiger charge is -2.33. The number of hydrogen-bond donors (Lipinski definition) is 1. The van der Waals surface area contributed by atoms with Gasteiger partial charge >= 0.3 is 0 Å². The van der Waals surface area contributed by atoms with E-state index in [1.807, 2.05) is 6.92 Å². The van der Waals surface area contributed by atoms with Gasteiger partial charge in [-0.1, -0.05) is 6.92 Å². The molecule has 3 rings (SSSR count). The Morgan fingerprint density at radius 3 is 2.81 bits per heavy atom. The molecule has 0 bridgehead atoms. The molecule has 2 aromatic rings. The zero-order valence-electron chi connectivity index (χ0n) is 12.4. The molecule has 1 fully saturated rings. The second kappa shape index (κ2) is 6.34. The van der Waals surface area contributed by atoms with Crippen molar-refractivity contribution in [2.45, 2.75) is 39.2 Å². The SMILES string of the molecule is CCc1cc(N2CCC(Nc3nc(C)ns3)CC2)ncn1. The normalized spacial score (nSPS) is 16.2. The van der Waals surface area contributed by atoms with Gasteiger partial charge in [0.1, 0.15) is 18.0 Å². The van der Waals surface area contributed by atoms with Crippen LogP contribution < -0.4 is 10.2 Å². The molecule has 1 aliphatic rings. The van der Waals surface area contributed by atoms with Crippen LogP contribution in [0.25, 0.3) is 0 Å². The molecule has 7 heteroatoms. The molecule has 3 heterocycles. The van der Waals surface area contributed by atoms with Gasteiger partial charge in [-0.3, -0.25) is 0 Å². The molecule has 0 radical (unpaired) electrons. The third-order valence-corrected chi connectivity index (χ3v) is 4.48. The Morgan fingerprint density at radius 1 is 1.33 bits per heavy atom. The molecular weight excluding hydrogens is 284 g/mol. The van der Waals surface area contributed by atoms with Crippen LogP contribution >= 0.6 is 11.5 Å². The minimum atomic E-state index is 0.473. The summed E-state index contributed by atoms with van der Waals surface area (Å²) in [5.74, 6) is 1.89. The maximum atomic E-state index is 4.40. The highest BCUT2D eigenvalue weighted by molar-refractivity contribution is 7.09. The topological polar surface area (TPSA) is 66.8 Å². The highest BCUT2D eigenvalue weighted by Crippen LogP contribution is 2.21. The van der Waals surface area contributed by atoms with Gasteiger partial charge in [0.05, 0.1) is 0 Å². The van der Waals surface area contributed by atoms with E-state index in [9.17, 15) is 0 Å². The summed E-state index contributed by atoms with van der Waals surface area (Å²) in [5.41, 5.74) is 1.10. The standard InChI is InChI=1S/C14H20N6S/c1-3-11-8-13(16-9-15-11)20-6-4-12(5-7-20)18-14-17-10(2)19-21-14/h8-9,12H,3-7H2,1-2H3,(H,17,18,19). The predicted molar refractivity (Wildman–Crippen MR) is 84.9 cm³/mol. The van der Waals surface area contributed by atoms with E-state index in [2.05, 4.69) is 42.5 Å². The Balaban J connectivity index is 1.57. The lowest BCUT2D eigenvalue weighted by Crippen LogP contribution is -2.39. The number of aromatic nitrogens is 4. The molecule has 6 nitrogen and oxygen atoms in total. The van der Waals surface area contributed by atoms with Crippen molar-refractivity contribution in [3.05, 3.63) is 23.9 Å². The van der Waals surface area contributed by atoms with Gasteiger partial charge in [0.15, 0.2) is 0 Å². The first-order chi connectivity index (χ1) is 10.2. The summed E-state index contributed by atoms with van der Waals surface area (Å²) in [6.45, 7) is 6.06. The van der Waals surface area contributed by atoms with Gasteiger partial charge in [0.25, 0.3) is 0 Å². The maximum Gasteiger partial charge on any atom is 0.202 e. The lowest BCUT2D eigenvalue weighted by molar-refractivity contribution is 0.523. The molecule has 112 valence electrons. The fourth-order valence-electron chi connectivity index (χ4n) is 2.54. The van der Waals surface area contributed by atoms with Crippen molar-refractivity contribution in [1.29, 1.82) is 0 Å². The summed E-state index contributed by atoms with van der Waals surface area (Å²) in [6, 6.07) is 2.57. The van der Waals surface area contributed by atoms with Crippen LogP contribution in [0.1, 0.15) is 31.3 Å². The van der Waals surface area contributed by atoms with E-state index < -0.39 is 0 Å². The minimum absolute atomic E-state index is 0.473. The van der Waals surface area contributed by atoms with Gasteiger partial charge in [-0.05, 0) is 26.2 Å². The first-order valence-corrected chi connectivity index (χ1v) is 8.14. The molecule has 0 aromatic carbocycles. The summed E-state index contributed by atoms with van der Waals surface area (Å²) in [4.78, 5) is 15.4. The third-order valence-electron chi connectivity index (χ3n) is 3.75. The molecule has 0 atom stereocenters. The number of piperidine rings is 1. The Bertz CT molecular complexity index is 591. The molecule has 0 saturated carbocycles. The van der Waals surface area contributed by atoms with Gasteiger partial charge in [-0.15, -0.1) is 0 Å². The van der Waals surface area contributed by atoms with Crippen LogP contribution in [-0.4, -0.2) is 38.5 Å². The van der Waals surface area contributed by atoms with Crippen molar-refractivity contribution in [2.24, 2.45) is 0 Å². The van der Waals surface area contributed by atoms with Gasteiger partial charge in [-0.2, -0.15) is 4.37 Å². The molecule has 0 unspecified atom stereocenters. The second-order valence-corrected chi connectivity index (χ2v) is 6.03. The molecule has 0 aliphatic carbocycles. The summed E-state index contributed by atoms with van der Waals surface area (Å²) in [7, 11) is 0. The Kier molecular flexibility index (Phi) is 4.28. The second-order valence-electron chi connectivity index (χ2n) is 5.27. The Labute approximate surface area is 128 Å². The van der Waals surface area contributed by atoms with Gasteiger partial charge in [-0.25, -0.2) is 15.0 Å². The Morgan fingerprint density at radius 2 is 2.14 bits per heavy atom.